The molecule has 2 amide bonds. The van der Waals surface area contributed by atoms with Crippen molar-refractivity contribution in [3.8, 4) is 0 Å². The normalized spacial score (nSPS) is 10.3. The van der Waals surface area contributed by atoms with Gasteiger partial charge in [0.25, 0.3) is 11.8 Å². The molecular formula is C22H21N3O2. The highest BCUT2D eigenvalue weighted by Crippen LogP contribution is 2.10. The molecule has 0 fully saturated rings. The fourth-order valence-corrected chi connectivity index (χ4v) is 2.70. The lowest BCUT2D eigenvalue weighted by Gasteiger charge is -2.17. The molecule has 0 spiro atoms. The minimum absolute atomic E-state index is 0.0809. The topological polar surface area (TPSA) is 62.3 Å². The molecule has 136 valence electrons. The van der Waals surface area contributed by atoms with E-state index in [9.17, 15) is 9.59 Å². The molecule has 0 radical (unpaired) electrons. The molecule has 0 unspecified atom stereocenters. The number of carbonyl (C=O) groups is 2. The van der Waals surface area contributed by atoms with Crippen LogP contribution in [0.3, 0.4) is 0 Å². The van der Waals surface area contributed by atoms with Gasteiger partial charge in [-0.05, 0) is 47.5 Å². The quantitative estimate of drug-likeness (QED) is 0.735. The Bertz CT molecular complexity index is 894. The third-order valence-corrected chi connectivity index (χ3v) is 4.21. The van der Waals surface area contributed by atoms with Crippen molar-refractivity contribution < 1.29 is 9.59 Å². The molecule has 0 aliphatic rings. The summed E-state index contributed by atoms with van der Waals surface area (Å²) in [5, 5.41) is 2.86. The molecular weight excluding hydrogens is 338 g/mol. The standard InChI is InChI=1S/C22H21N3O2/c1-25(16-18-5-3-2-4-6-18)22(27)20-9-7-19(8-10-20)21(26)24-15-17-11-13-23-14-12-17/h2-14H,15-16H2,1H3,(H,24,26). The number of amides is 2. The van der Waals surface area contributed by atoms with Gasteiger partial charge >= 0.3 is 0 Å². The van der Waals surface area contributed by atoms with Crippen LogP contribution in [-0.2, 0) is 13.1 Å². The average molecular weight is 359 g/mol. The van der Waals surface area contributed by atoms with Gasteiger partial charge in [-0.25, -0.2) is 0 Å². The Morgan fingerprint density at radius 3 is 2.15 bits per heavy atom. The predicted octanol–water partition coefficient (Wildman–Crippen LogP) is 3.28. The Kier molecular flexibility index (Phi) is 5.94. The number of hydrogen-bond donors (Lipinski definition) is 1. The predicted molar refractivity (Wildman–Crippen MR) is 104 cm³/mol. The highest BCUT2D eigenvalue weighted by Gasteiger charge is 2.13. The lowest BCUT2D eigenvalue weighted by molar-refractivity contribution is 0.0784. The van der Waals surface area contributed by atoms with E-state index in [-0.39, 0.29) is 11.8 Å². The van der Waals surface area contributed by atoms with Crippen molar-refractivity contribution in [2.45, 2.75) is 13.1 Å². The summed E-state index contributed by atoms with van der Waals surface area (Å²) in [6.45, 7) is 0.968. The molecule has 5 heteroatoms. The molecule has 1 N–H and O–H groups in total. The Hall–Kier alpha value is -3.47. The van der Waals surface area contributed by atoms with E-state index in [4.69, 9.17) is 0 Å². The summed E-state index contributed by atoms with van der Waals surface area (Å²) in [6, 6.07) is 20.2. The second kappa shape index (κ2) is 8.76. The number of benzene rings is 2. The Balaban J connectivity index is 1.58. The van der Waals surface area contributed by atoms with Crippen molar-refractivity contribution in [3.63, 3.8) is 0 Å². The van der Waals surface area contributed by atoms with Gasteiger partial charge in [0.15, 0.2) is 0 Å². The van der Waals surface area contributed by atoms with Crippen LogP contribution in [0, 0.1) is 0 Å². The van der Waals surface area contributed by atoms with Gasteiger partial charge in [0.2, 0.25) is 0 Å². The maximum absolute atomic E-state index is 12.6. The summed E-state index contributed by atoms with van der Waals surface area (Å²) in [5.41, 5.74) is 3.12. The lowest BCUT2D eigenvalue weighted by Crippen LogP contribution is -2.26. The molecule has 3 rings (SSSR count). The second-order valence-corrected chi connectivity index (χ2v) is 6.26. The fourth-order valence-electron chi connectivity index (χ4n) is 2.70. The Morgan fingerprint density at radius 1 is 0.852 bits per heavy atom. The molecule has 0 atom stereocenters. The van der Waals surface area contributed by atoms with Gasteiger partial charge in [0.1, 0.15) is 0 Å². The highest BCUT2D eigenvalue weighted by molar-refractivity contribution is 5.97. The highest BCUT2D eigenvalue weighted by atomic mass is 16.2. The molecule has 3 aromatic rings. The number of nitrogens with zero attached hydrogens (tertiary/aromatic N) is 2. The number of pyridine rings is 1. The molecule has 2 aromatic carbocycles. The first-order valence-corrected chi connectivity index (χ1v) is 8.70. The lowest BCUT2D eigenvalue weighted by atomic mass is 10.1. The van der Waals surface area contributed by atoms with Gasteiger partial charge in [-0.3, -0.25) is 14.6 Å². The molecule has 0 aliphatic carbocycles. The third kappa shape index (κ3) is 5.01. The van der Waals surface area contributed by atoms with Crippen molar-refractivity contribution in [3.05, 3.63) is 101 Å². The molecule has 1 heterocycles. The maximum atomic E-state index is 12.6. The Labute approximate surface area is 158 Å². The summed E-state index contributed by atoms with van der Waals surface area (Å²) in [6.07, 6.45) is 3.38. The summed E-state index contributed by atoms with van der Waals surface area (Å²) < 4.78 is 0. The van der Waals surface area contributed by atoms with Gasteiger partial charge in [0.05, 0.1) is 0 Å². The van der Waals surface area contributed by atoms with Gasteiger partial charge in [0, 0.05) is 43.7 Å². The molecule has 27 heavy (non-hydrogen) atoms. The number of rotatable bonds is 6. The largest absolute Gasteiger partial charge is 0.348 e. The first-order chi connectivity index (χ1) is 13.1. The second-order valence-electron chi connectivity index (χ2n) is 6.26. The number of aromatic nitrogens is 1. The van der Waals surface area contributed by atoms with Crippen molar-refractivity contribution in [2.24, 2.45) is 0 Å². The zero-order valence-corrected chi connectivity index (χ0v) is 15.1. The van der Waals surface area contributed by atoms with Crippen LogP contribution in [-0.4, -0.2) is 28.7 Å². The van der Waals surface area contributed by atoms with Crippen LogP contribution < -0.4 is 5.32 Å². The first-order valence-electron chi connectivity index (χ1n) is 8.70. The smallest absolute Gasteiger partial charge is 0.253 e. The third-order valence-electron chi connectivity index (χ3n) is 4.21. The molecule has 0 aliphatic heterocycles. The van der Waals surface area contributed by atoms with E-state index >= 15 is 0 Å². The average Bonchev–Trinajstić information content (AvgIpc) is 2.73. The molecule has 0 bridgehead atoms. The van der Waals surface area contributed by atoms with Crippen LogP contribution >= 0.6 is 0 Å². The SMILES string of the molecule is CN(Cc1ccccc1)C(=O)c1ccc(C(=O)NCc2ccncc2)cc1. The minimum Gasteiger partial charge on any atom is -0.348 e. The van der Waals surface area contributed by atoms with Gasteiger partial charge in [-0.15, -0.1) is 0 Å². The first kappa shape index (κ1) is 18.3. The van der Waals surface area contributed by atoms with E-state index in [1.807, 2.05) is 42.5 Å². The molecule has 0 saturated heterocycles. The van der Waals surface area contributed by atoms with E-state index in [1.54, 1.807) is 48.6 Å². The summed E-state index contributed by atoms with van der Waals surface area (Å²) in [5.74, 6) is -0.258. The summed E-state index contributed by atoms with van der Waals surface area (Å²) in [4.78, 5) is 30.4. The number of carbonyl (C=O) groups excluding carboxylic acids is 2. The van der Waals surface area contributed by atoms with Gasteiger partial charge in [-0.1, -0.05) is 30.3 Å². The van der Waals surface area contributed by atoms with E-state index in [0.29, 0.717) is 24.2 Å². The van der Waals surface area contributed by atoms with Crippen LogP contribution in [0.5, 0.6) is 0 Å². The van der Waals surface area contributed by atoms with Crippen molar-refractivity contribution in [1.82, 2.24) is 15.2 Å². The minimum atomic E-state index is -0.177. The van der Waals surface area contributed by atoms with Crippen LogP contribution in [0.2, 0.25) is 0 Å². The monoisotopic (exact) mass is 359 g/mol. The van der Waals surface area contributed by atoms with Crippen LogP contribution in [0.4, 0.5) is 0 Å². The van der Waals surface area contributed by atoms with E-state index < -0.39 is 0 Å². The fraction of sp³-hybridized carbons (Fsp3) is 0.136. The van der Waals surface area contributed by atoms with Gasteiger partial charge < -0.3 is 10.2 Å². The zero-order chi connectivity index (χ0) is 19.1. The van der Waals surface area contributed by atoms with E-state index in [1.165, 1.54) is 0 Å². The summed E-state index contributed by atoms with van der Waals surface area (Å²) in [7, 11) is 1.77. The van der Waals surface area contributed by atoms with E-state index in [2.05, 4.69) is 10.3 Å². The molecule has 0 saturated carbocycles. The van der Waals surface area contributed by atoms with Gasteiger partial charge in [-0.2, -0.15) is 0 Å². The number of hydrogen-bond acceptors (Lipinski definition) is 3. The van der Waals surface area contributed by atoms with Crippen LogP contribution in [0.25, 0.3) is 0 Å². The Morgan fingerprint density at radius 2 is 1.48 bits per heavy atom. The van der Waals surface area contributed by atoms with Crippen LogP contribution in [0.1, 0.15) is 31.8 Å². The molecule has 5 nitrogen and oxygen atoms in total. The summed E-state index contributed by atoms with van der Waals surface area (Å²) >= 11 is 0. The molecule has 1 aromatic heterocycles. The van der Waals surface area contributed by atoms with Crippen LogP contribution in [0.15, 0.2) is 79.1 Å². The maximum Gasteiger partial charge on any atom is 0.253 e. The zero-order valence-electron chi connectivity index (χ0n) is 15.1. The van der Waals surface area contributed by atoms with Crippen molar-refractivity contribution in [2.75, 3.05) is 7.05 Å². The number of nitrogens with one attached hydrogen (secondary N) is 1. The van der Waals surface area contributed by atoms with Crippen molar-refractivity contribution in [1.29, 1.82) is 0 Å². The van der Waals surface area contributed by atoms with E-state index in [0.717, 1.165) is 11.1 Å². The van der Waals surface area contributed by atoms with Crippen molar-refractivity contribution >= 4 is 11.8 Å².